The molecule has 6 nitrogen and oxygen atoms in total. The highest BCUT2D eigenvalue weighted by Crippen LogP contribution is 2.32. The minimum atomic E-state index is -0.507. The van der Waals surface area contributed by atoms with Gasteiger partial charge in [0.2, 0.25) is 5.91 Å². The highest BCUT2D eigenvalue weighted by atomic mass is 16.5. The van der Waals surface area contributed by atoms with Crippen LogP contribution in [0.25, 0.3) is 0 Å². The van der Waals surface area contributed by atoms with E-state index in [9.17, 15) is 9.59 Å². The Kier molecular flexibility index (Phi) is 7.49. The van der Waals surface area contributed by atoms with E-state index in [0.717, 1.165) is 5.75 Å². The molecule has 0 aliphatic heterocycles. The summed E-state index contributed by atoms with van der Waals surface area (Å²) in [6, 6.07) is 21.3. The first kappa shape index (κ1) is 22.9. The highest BCUT2D eigenvalue weighted by Gasteiger charge is 2.21. The molecule has 3 aromatic rings. The zero-order valence-electron chi connectivity index (χ0n) is 18.7. The monoisotopic (exact) mass is 433 g/mol. The summed E-state index contributed by atoms with van der Waals surface area (Å²) < 4.78 is 16.5. The van der Waals surface area contributed by atoms with Crippen molar-refractivity contribution < 1.29 is 23.8 Å². The Balaban J connectivity index is 1.78. The van der Waals surface area contributed by atoms with Gasteiger partial charge in [-0.1, -0.05) is 26.0 Å². The number of nitrogens with zero attached hydrogens (tertiary/aromatic N) is 1. The van der Waals surface area contributed by atoms with E-state index in [-0.39, 0.29) is 5.91 Å². The molecule has 1 amide bonds. The van der Waals surface area contributed by atoms with E-state index in [0.29, 0.717) is 41.0 Å². The maximum atomic E-state index is 12.4. The van der Waals surface area contributed by atoms with Gasteiger partial charge in [-0.15, -0.1) is 0 Å². The summed E-state index contributed by atoms with van der Waals surface area (Å²) in [6.07, 6.45) is 0. The standard InChI is InChI=1S/C26H27NO5/c1-18(2)17-31-21-13-15-23(16-14-21)32-22-11-9-20(10-12-22)27(19(3)28)25-8-6-5-7-24(25)26(29)30-4/h5-16,18H,17H2,1-4H3. The van der Waals surface area contributed by atoms with Crippen molar-refractivity contribution in [2.24, 2.45) is 5.92 Å². The van der Waals surface area contributed by atoms with Crippen LogP contribution in [0, 0.1) is 5.92 Å². The zero-order valence-corrected chi connectivity index (χ0v) is 18.7. The summed E-state index contributed by atoms with van der Waals surface area (Å²) in [6.45, 7) is 6.31. The lowest BCUT2D eigenvalue weighted by Gasteiger charge is -2.23. The second-order valence-electron chi connectivity index (χ2n) is 7.64. The van der Waals surface area contributed by atoms with E-state index in [1.165, 1.54) is 18.9 Å². The van der Waals surface area contributed by atoms with Gasteiger partial charge in [-0.25, -0.2) is 4.79 Å². The fraction of sp³-hybridized carbons (Fsp3) is 0.231. The molecular weight excluding hydrogens is 406 g/mol. The van der Waals surface area contributed by atoms with E-state index < -0.39 is 5.97 Å². The van der Waals surface area contributed by atoms with Crippen molar-refractivity contribution >= 4 is 23.3 Å². The van der Waals surface area contributed by atoms with Gasteiger partial charge < -0.3 is 14.2 Å². The molecule has 0 atom stereocenters. The fourth-order valence-electron chi connectivity index (χ4n) is 3.11. The van der Waals surface area contributed by atoms with Gasteiger partial charge in [-0.3, -0.25) is 9.69 Å². The maximum Gasteiger partial charge on any atom is 0.339 e. The molecule has 6 heteroatoms. The molecule has 0 spiro atoms. The van der Waals surface area contributed by atoms with Gasteiger partial charge in [-0.2, -0.15) is 0 Å². The lowest BCUT2D eigenvalue weighted by Crippen LogP contribution is -2.25. The van der Waals surface area contributed by atoms with Crippen molar-refractivity contribution in [3.63, 3.8) is 0 Å². The molecule has 0 fully saturated rings. The van der Waals surface area contributed by atoms with Gasteiger partial charge in [0.25, 0.3) is 0 Å². The normalized spacial score (nSPS) is 10.5. The molecule has 0 aromatic heterocycles. The number of amides is 1. The summed E-state index contributed by atoms with van der Waals surface area (Å²) in [5.41, 5.74) is 1.38. The number of carbonyl (C=O) groups is 2. The molecule has 0 N–H and O–H groups in total. The molecule has 0 bridgehead atoms. The first-order valence-corrected chi connectivity index (χ1v) is 10.4. The van der Waals surface area contributed by atoms with Crippen LogP contribution in [0.3, 0.4) is 0 Å². The molecule has 0 heterocycles. The van der Waals surface area contributed by atoms with Crippen molar-refractivity contribution in [1.29, 1.82) is 0 Å². The molecular formula is C26H27NO5. The Hall–Kier alpha value is -3.80. The van der Waals surface area contributed by atoms with Crippen LogP contribution < -0.4 is 14.4 Å². The minimum Gasteiger partial charge on any atom is -0.493 e. The smallest absolute Gasteiger partial charge is 0.339 e. The lowest BCUT2D eigenvalue weighted by atomic mass is 10.1. The Bertz CT molecular complexity index is 1060. The van der Waals surface area contributed by atoms with Crippen molar-refractivity contribution in [1.82, 2.24) is 0 Å². The van der Waals surface area contributed by atoms with Gasteiger partial charge in [-0.05, 0) is 66.6 Å². The van der Waals surface area contributed by atoms with Crippen molar-refractivity contribution in [3.8, 4) is 17.2 Å². The number of hydrogen-bond donors (Lipinski definition) is 0. The first-order chi connectivity index (χ1) is 15.4. The predicted octanol–water partition coefficient (Wildman–Crippen LogP) is 5.98. The third-order valence-corrected chi connectivity index (χ3v) is 4.60. The average Bonchev–Trinajstić information content (AvgIpc) is 2.79. The van der Waals surface area contributed by atoms with E-state index in [1.807, 2.05) is 24.3 Å². The van der Waals surface area contributed by atoms with Gasteiger partial charge in [0.15, 0.2) is 0 Å². The Morgan fingerprint density at radius 3 is 1.97 bits per heavy atom. The van der Waals surface area contributed by atoms with Gasteiger partial charge >= 0.3 is 5.97 Å². The summed E-state index contributed by atoms with van der Waals surface area (Å²) >= 11 is 0. The number of rotatable bonds is 8. The number of esters is 1. The molecule has 0 aliphatic rings. The van der Waals surface area contributed by atoms with Gasteiger partial charge in [0, 0.05) is 12.6 Å². The van der Waals surface area contributed by atoms with Gasteiger partial charge in [0.1, 0.15) is 17.2 Å². The Morgan fingerprint density at radius 2 is 1.41 bits per heavy atom. The molecule has 0 saturated carbocycles. The largest absolute Gasteiger partial charge is 0.493 e. The fourth-order valence-corrected chi connectivity index (χ4v) is 3.11. The zero-order chi connectivity index (χ0) is 23.1. The summed E-state index contributed by atoms with van der Waals surface area (Å²) in [4.78, 5) is 26.1. The Labute approximate surface area is 188 Å². The van der Waals surface area contributed by atoms with Crippen molar-refractivity contribution in [2.75, 3.05) is 18.6 Å². The number of anilines is 2. The van der Waals surface area contributed by atoms with Gasteiger partial charge in [0.05, 0.1) is 25.0 Å². The molecule has 0 unspecified atom stereocenters. The minimum absolute atomic E-state index is 0.230. The second-order valence-corrected chi connectivity index (χ2v) is 7.64. The number of benzene rings is 3. The highest BCUT2D eigenvalue weighted by molar-refractivity contribution is 6.06. The third kappa shape index (κ3) is 5.66. The molecule has 3 aromatic carbocycles. The topological polar surface area (TPSA) is 65.1 Å². The molecule has 32 heavy (non-hydrogen) atoms. The first-order valence-electron chi connectivity index (χ1n) is 10.4. The van der Waals surface area contributed by atoms with Crippen LogP contribution in [0.4, 0.5) is 11.4 Å². The number of para-hydroxylation sites is 1. The summed E-state index contributed by atoms with van der Waals surface area (Å²) in [7, 11) is 1.31. The predicted molar refractivity (Wildman–Crippen MR) is 124 cm³/mol. The van der Waals surface area contributed by atoms with Crippen LogP contribution >= 0.6 is 0 Å². The molecule has 166 valence electrons. The van der Waals surface area contributed by atoms with Crippen LogP contribution in [0.15, 0.2) is 72.8 Å². The average molecular weight is 434 g/mol. The van der Waals surface area contributed by atoms with E-state index in [4.69, 9.17) is 14.2 Å². The SMILES string of the molecule is COC(=O)c1ccccc1N(C(C)=O)c1ccc(Oc2ccc(OCC(C)C)cc2)cc1. The summed E-state index contributed by atoms with van der Waals surface area (Å²) in [5, 5.41) is 0. The van der Waals surface area contributed by atoms with E-state index >= 15 is 0 Å². The second kappa shape index (κ2) is 10.5. The summed E-state index contributed by atoms with van der Waals surface area (Å²) in [5.74, 6) is 1.81. The van der Waals surface area contributed by atoms with Crippen LogP contribution in [0.5, 0.6) is 17.2 Å². The number of carbonyl (C=O) groups excluding carboxylic acids is 2. The number of hydrogen-bond acceptors (Lipinski definition) is 5. The van der Waals surface area contributed by atoms with Crippen molar-refractivity contribution in [2.45, 2.75) is 20.8 Å². The molecule has 0 radical (unpaired) electrons. The van der Waals surface area contributed by atoms with Crippen LogP contribution in [-0.4, -0.2) is 25.6 Å². The molecule has 0 aliphatic carbocycles. The third-order valence-electron chi connectivity index (χ3n) is 4.60. The van der Waals surface area contributed by atoms with Crippen LogP contribution in [-0.2, 0) is 9.53 Å². The molecule has 3 rings (SSSR count). The van der Waals surface area contributed by atoms with E-state index in [1.54, 1.807) is 48.5 Å². The van der Waals surface area contributed by atoms with Crippen LogP contribution in [0.1, 0.15) is 31.1 Å². The lowest BCUT2D eigenvalue weighted by molar-refractivity contribution is -0.115. The Morgan fingerprint density at radius 1 is 0.844 bits per heavy atom. The van der Waals surface area contributed by atoms with E-state index in [2.05, 4.69) is 13.8 Å². The number of methoxy groups -OCH3 is 1. The quantitative estimate of drug-likeness (QED) is 0.409. The molecule has 0 saturated heterocycles. The maximum absolute atomic E-state index is 12.4. The number of ether oxygens (including phenoxy) is 3. The van der Waals surface area contributed by atoms with Crippen molar-refractivity contribution in [3.05, 3.63) is 78.4 Å². The van der Waals surface area contributed by atoms with Crippen LogP contribution in [0.2, 0.25) is 0 Å².